The van der Waals surface area contributed by atoms with Crippen molar-refractivity contribution in [2.75, 3.05) is 18.6 Å². The first kappa shape index (κ1) is 28.5. The van der Waals surface area contributed by atoms with Crippen molar-refractivity contribution in [1.82, 2.24) is 19.5 Å². The van der Waals surface area contributed by atoms with Crippen molar-refractivity contribution in [3.8, 4) is 0 Å². The molecule has 0 spiro atoms. The summed E-state index contributed by atoms with van der Waals surface area (Å²) in [6.07, 6.45) is -8.33. The number of amides is 1. The van der Waals surface area contributed by atoms with Crippen LogP contribution in [0.25, 0.3) is 5.65 Å². The average molecular weight is 591 g/mol. The van der Waals surface area contributed by atoms with Gasteiger partial charge in [-0.1, -0.05) is 24.3 Å². The molecule has 3 atom stereocenters. The highest BCUT2D eigenvalue weighted by atomic mass is 32.2. The SMILES string of the molecule is CN(C(=O)C1CCS(=O)CC1)C(c1ccc(C2CC(C)(C(F)(F)F)c3c2cnc2cc(F)nn32)cc1)C(F)(F)F. The van der Waals surface area contributed by atoms with Gasteiger partial charge in [0.15, 0.2) is 11.7 Å². The zero-order valence-corrected chi connectivity index (χ0v) is 22.2. The summed E-state index contributed by atoms with van der Waals surface area (Å²) in [5.74, 6) is -2.75. The standard InChI is InChI=1S/C26H25F7N4O2S/c1-24(26(31,32)33)12-17(18-13-34-20-11-19(27)35-37(20)22(18)24)14-3-5-15(6-4-14)21(25(28,29)30)36(2)23(38)16-7-9-40(39)10-8-16/h3-6,11,13,16-17,21H,7-10,12H2,1-2H3. The molecular formula is C26H25F7N4O2S. The van der Waals surface area contributed by atoms with Gasteiger partial charge in [-0.25, -0.2) is 9.50 Å². The van der Waals surface area contributed by atoms with E-state index in [-0.39, 0.29) is 46.8 Å². The zero-order valence-electron chi connectivity index (χ0n) is 21.4. The fourth-order valence-corrected chi connectivity index (χ4v) is 7.19. The van der Waals surface area contributed by atoms with Gasteiger partial charge in [0, 0.05) is 59.0 Å². The Morgan fingerprint density at radius 2 is 1.75 bits per heavy atom. The van der Waals surface area contributed by atoms with E-state index in [2.05, 4.69) is 10.1 Å². The maximum Gasteiger partial charge on any atom is 0.413 e. The predicted molar refractivity (Wildman–Crippen MR) is 131 cm³/mol. The topological polar surface area (TPSA) is 67.6 Å². The molecule has 6 nitrogen and oxygen atoms in total. The summed E-state index contributed by atoms with van der Waals surface area (Å²) in [7, 11) is -0.0127. The zero-order chi connectivity index (χ0) is 29.2. The highest BCUT2D eigenvalue weighted by molar-refractivity contribution is 7.85. The predicted octanol–water partition coefficient (Wildman–Crippen LogP) is 5.44. The molecule has 216 valence electrons. The minimum absolute atomic E-state index is 0.0901. The van der Waals surface area contributed by atoms with Crippen molar-refractivity contribution in [3.63, 3.8) is 0 Å². The second-order valence-electron chi connectivity index (χ2n) is 10.6. The fraction of sp³-hybridized carbons (Fsp3) is 0.500. The molecule has 1 saturated heterocycles. The van der Waals surface area contributed by atoms with Gasteiger partial charge in [0.2, 0.25) is 11.9 Å². The Kier molecular flexibility index (Phi) is 6.99. The first-order valence-electron chi connectivity index (χ1n) is 12.5. The summed E-state index contributed by atoms with van der Waals surface area (Å²) in [5, 5.41) is 3.57. The summed E-state index contributed by atoms with van der Waals surface area (Å²) in [6, 6.07) is 3.61. The number of hydrogen-bond acceptors (Lipinski definition) is 4. The second kappa shape index (κ2) is 9.81. The number of alkyl halides is 6. The van der Waals surface area contributed by atoms with Crippen molar-refractivity contribution < 1.29 is 39.7 Å². The van der Waals surface area contributed by atoms with Crippen LogP contribution in [-0.4, -0.2) is 60.5 Å². The number of hydrogen-bond donors (Lipinski definition) is 0. The molecule has 40 heavy (non-hydrogen) atoms. The lowest BCUT2D eigenvalue weighted by atomic mass is 9.83. The molecule has 0 N–H and O–H groups in total. The molecule has 14 heteroatoms. The van der Waals surface area contributed by atoms with E-state index in [0.717, 1.165) is 36.7 Å². The molecule has 1 aliphatic carbocycles. The van der Waals surface area contributed by atoms with Crippen molar-refractivity contribution in [2.45, 2.75) is 55.9 Å². The first-order valence-corrected chi connectivity index (χ1v) is 14.0. The van der Waals surface area contributed by atoms with E-state index in [0.29, 0.717) is 10.5 Å². The quantitative estimate of drug-likeness (QED) is 0.380. The van der Waals surface area contributed by atoms with Crippen LogP contribution in [0.4, 0.5) is 30.7 Å². The van der Waals surface area contributed by atoms with Crippen LogP contribution in [0.15, 0.2) is 36.5 Å². The molecule has 1 amide bonds. The third-order valence-electron chi connectivity index (χ3n) is 8.05. The first-order chi connectivity index (χ1) is 18.6. The van der Waals surface area contributed by atoms with E-state index in [1.165, 1.54) is 18.3 Å². The van der Waals surface area contributed by atoms with Crippen molar-refractivity contribution >= 4 is 22.4 Å². The fourth-order valence-electron chi connectivity index (χ4n) is 5.89. The molecule has 1 fully saturated rings. The van der Waals surface area contributed by atoms with Crippen LogP contribution >= 0.6 is 0 Å². The Morgan fingerprint density at radius 3 is 2.33 bits per heavy atom. The second-order valence-corrected chi connectivity index (χ2v) is 12.3. The molecule has 3 unspecified atom stereocenters. The van der Waals surface area contributed by atoms with Gasteiger partial charge in [0.25, 0.3) is 0 Å². The van der Waals surface area contributed by atoms with Gasteiger partial charge in [-0.3, -0.25) is 9.00 Å². The molecular weight excluding hydrogens is 565 g/mol. The molecule has 0 saturated carbocycles. The molecule has 3 heterocycles. The van der Waals surface area contributed by atoms with Crippen LogP contribution in [0.2, 0.25) is 0 Å². The number of halogens is 7. The minimum Gasteiger partial charge on any atom is -0.330 e. The molecule has 5 rings (SSSR count). The van der Waals surface area contributed by atoms with Gasteiger partial charge < -0.3 is 4.90 Å². The van der Waals surface area contributed by atoms with E-state index in [9.17, 15) is 39.7 Å². The Bertz CT molecular complexity index is 1460. The van der Waals surface area contributed by atoms with Gasteiger partial charge in [0.05, 0.1) is 5.69 Å². The molecule has 2 aromatic heterocycles. The smallest absolute Gasteiger partial charge is 0.330 e. The monoisotopic (exact) mass is 590 g/mol. The van der Waals surface area contributed by atoms with E-state index in [1.807, 2.05) is 0 Å². The molecule has 3 aromatic rings. The van der Waals surface area contributed by atoms with Gasteiger partial charge in [-0.05, 0) is 37.3 Å². The molecule has 1 aromatic carbocycles. The Hall–Kier alpha value is -3.03. The minimum atomic E-state index is -4.82. The van der Waals surface area contributed by atoms with Gasteiger partial charge in [-0.2, -0.15) is 30.7 Å². The lowest BCUT2D eigenvalue weighted by Crippen LogP contribution is -2.43. The number of benzene rings is 1. The summed E-state index contributed by atoms with van der Waals surface area (Å²) in [5.41, 5.74) is -2.56. The number of carbonyl (C=O) groups excluding carboxylic acids is 1. The highest BCUT2D eigenvalue weighted by Gasteiger charge is 2.60. The molecule has 1 aliphatic heterocycles. The van der Waals surface area contributed by atoms with E-state index in [4.69, 9.17) is 0 Å². The third kappa shape index (κ3) is 4.77. The molecule has 2 aliphatic rings. The third-order valence-corrected chi connectivity index (χ3v) is 9.44. The summed E-state index contributed by atoms with van der Waals surface area (Å²) < 4.78 is 112. The lowest BCUT2D eigenvalue weighted by Gasteiger charge is -2.34. The van der Waals surface area contributed by atoms with E-state index < -0.39 is 64.7 Å². The number of fused-ring (bicyclic) bond motifs is 3. The Labute approximate surface area is 227 Å². The highest BCUT2D eigenvalue weighted by Crippen LogP contribution is 2.56. The van der Waals surface area contributed by atoms with Gasteiger partial charge in [-0.15, -0.1) is 5.10 Å². The van der Waals surface area contributed by atoms with Crippen molar-refractivity contribution in [1.29, 1.82) is 0 Å². The van der Waals surface area contributed by atoms with E-state index >= 15 is 0 Å². The maximum absolute atomic E-state index is 14.4. The van der Waals surface area contributed by atoms with E-state index in [1.54, 1.807) is 0 Å². The largest absolute Gasteiger partial charge is 0.413 e. The molecule has 0 radical (unpaired) electrons. The summed E-state index contributed by atoms with van der Waals surface area (Å²) in [4.78, 5) is 17.6. The Morgan fingerprint density at radius 1 is 1.12 bits per heavy atom. The maximum atomic E-state index is 14.4. The van der Waals surface area contributed by atoms with Crippen LogP contribution in [0, 0.1) is 11.9 Å². The number of rotatable bonds is 4. The summed E-state index contributed by atoms with van der Waals surface area (Å²) >= 11 is 0. The van der Waals surface area contributed by atoms with Crippen LogP contribution in [-0.2, 0) is 21.0 Å². The number of carbonyl (C=O) groups is 1. The van der Waals surface area contributed by atoms with Crippen LogP contribution in [0.1, 0.15) is 60.5 Å². The van der Waals surface area contributed by atoms with Crippen molar-refractivity contribution in [2.24, 2.45) is 5.92 Å². The average Bonchev–Trinajstić information content (AvgIpc) is 3.40. The van der Waals surface area contributed by atoms with Crippen LogP contribution < -0.4 is 0 Å². The van der Waals surface area contributed by atoms with Crippen molar-refractivity contribution in [3.05, 3.63) is 64.9 Å². The number of aromatic nitrogens is 3. The van der Waals surface area contributed by atoms with Crippen LogP contribution in [0.5, 0.6) is 0 Å². The van der Waals surface area contributed by atoms with Crippen LogP contribution in [0.3, 0.4) is 0 Å². The number of nitrogens with zero attached hydrogens (tertiary/aromatic N) is 4. The van der Waals surface area contributed by atoms with Gasteiger partial charge >= 0.3 is 12.4 Å². The Balaban J connectivity index is 1.49. The molecule has 0 bridgehead atoms. The van der Waals surface area contributed by atoms with Gasteiger partial charge in [0.1, 0.15) is 5.41 Å². The lowest BCUT2D eigenvalue weighted by molar-refractivity contribution is -0.190. The summed E-state index contributed by atoms with van der Waals surface area (Å²) in [6.45, 7) is 0.986. The normalized spacial score (nSPS) is 26.1.